The van der Waals surface area contributed by atoms with Gasteiger partial charge in [-0.1, -0.05) is 30.0 Å². The van der Waals surface area contributed by atoms with Crippen molar-refractivity contribution < 1.29 is 4.79 Å². The van der Waals surface area contributed by atoms with Gasteiger partial charge in [0.25, 0.3) is 0 Å². The molecular formula is C23H22N4OS3. The first-order valence-electron chi connectivity index (χ1n) is 10.3. The molecule has 1 aromatic carbocycles. The molecule has 0 fully saturated rings. The highest BCUT2D eigenvalue weighted by molar-refractivity contribution is 7.98. The predicted molar refractivity (Wildman–Crippen MR) is 129 cm³/mol. The fourth-order valence-corrected chi connectivity index (χ4v) is 6.96. The third kappa shape index (κ3) is 4.51. The average molecular weight is 467 g/mol. The molecule has 4 aromatic rings. The summed E-state index contributed by atoms with van der Waals surface area (Å²) in [6.45, 7) is 1.99. The molecule has 5 nitrogen and oxygen atoms in total. The molecule has 0 bridgehead atoms. The van der Waals surface area contributed by atoms with E-state index >= 15 is 0 Å². The third-order valence-electron chi connectivity index (χ3n) is 5.40. The van der Waals surface area contributed by atoms with E-state index in [0.717, 1.165) is 44.0 Å². The Labute approximate surface area is 193 Å². The van der Waals surface area contributed by atoms with Gasteiger partial charge in [-0.2, -0.15) is 0 Å². The number of anilines is 1. The van der Waals surface area contributed by atoms with Gasteiger partial charge in [0.1, 0.15) is 21.2 Å². The number of thioether (sulfide) groups is 1. The van der Waals surface area contributed by atoms with Gasteiger partial charge in [-0.15, -0.1) is 22.7 Å². The fraction of sp³-hybridized carbons (Fsp3) is 0.304. The summed E-state index contributed by atoms with van der Waals surface area (Å²) in [7, 11) is 0. The van der Waals surface area contributed by atoms with Crippen molar-refractivity contribution in [3.05, 3.63) is 62.7 Å². The molecule has 0 unspecified atom stereocenters. The van der Waals surface area contributed by atoms with Gasteiger partial charge < -0.3 is 5.32 Å². The standard InChI is InChI=1S/C23H22N4OS3/c1-14-6-2-4-8-17(14)27-19(28)10-20-26-15(11-29-20)12-30-22-21-16-7-3-5-9-18(16)31-23(21)25-13-24-22/h2,4,6,8,11,13H,3,5,7,9-10,12H2,1H3,(H,27,28). The number of hydrogen-bond donors (Lipinski definition) is 1. The van der Waals surface area contributed by atoms with Crippen molar-refractivity contribution in [3.8, 4) is 0 Å². The number of carbonyl (C=O) groups is 1. The Bertz CT molecular complexity index is 1250. The summed E-state index contributed by atoms with van der Waals surface area (Å²) in [5, 5.41) is 8.16. The molecule has 0 spiro atoms. The lowest BCUT2D eigenvalue weighted by Gasteiger charge is -2.11. The van der Waals surface area contributed by atoms with Crippen LogP contribution >= 0.6 is 34.4 Å². The molecular weight excluding hydrogens is 444 g/mol. The number of amides is 1. The van der Waals surface area contributed by atoms with Crippen molar-refractivity contribution in [2.75, 3.05) is 5.32 Å². The summed E-state index contributed by atoms with van der Waals surface area (Å²) in [6.07, 6.45) is 6.79. The van der Waals surface area contributed by atoms with Crippen LogP contribution in [0.15, 0.2) is 41.0 Å². The predicted octanol–water partition coefficient (Wildman–Crippen LogP) is 5.81. The van der Waals surface area contributed by atoms with Gasteiger partial charge in [0.05, 0.1) is 12.1 Å². The summed E-state index contributed by atoms with van der Waals surface area (Å²) < 4.78 is 0. The fourth-order valence-electron chi connectivity index (χ4n) is 3.85. The lowest BCUT2D eigenvalue weighted by molar-refractivity contribution is -0.115. The molecule has 0 radical (unpaired) electrons. The van der Waals surface area contributed by atoms with E-state index in [0.29, 0.717) is 6.42 Å². The number of aryl methyl sites for hydroxylation is 3. The zero-order valence-electron chi connectivity index (χ0n) is 17.2. The Morgan fingerprint density at radius 2 is 2.06 bits per heavy atom. The van der Waals surface area contributed by atoms with E-state index in [1.54, 1.807) is 18.1 Å². The number of nitrogens with one attached hydrogen (secondary N) is 1. The van der Waals surface area contributed by atoms with Crippen LogP contribution in [0.5, 0.6) is 0 Å². The molecule has 0 saturated heterocycles. The number of para-hydroxylation sites is 1. The van der Waals surface area contributed by atoms with Crippen LogP contribution < -0.4 is 5.32 Å². The van der Waals surface area contributed by atoms with E-state index in [-0.39, 0.29) is 5.91 Å². The summed E-state index contributed by atoms with van der Waals surface area (Å²) in [6, 6.07) is 7.80. The highest BCUT2D eigenvalue weighted by atomic mass is 32.2. The maximum atomic E-state index is 12.4. The molecule has 1 N–H and O–H groups in total. The Morgan fingerprint density at radius 3 is 2.97 bits per heavy atom. The number of hydrogen-bond acceptors (Lipinski definition) is 7. The molecule has 8 heteroatoms. The SMILES string of the molecule is Cc1ccccc1NC(=O)Cc1nc(CSc2ncnc3sc4c(c23)CCCC4)cs1. The number of thiazole rings is 1. The van der Waals surface area contributed by atoms with Gasteiger partial charge in [0.2, 0.25) is 5.91 Å². The zero-order chi connectivity index (χ0) is 21.2. The molecule has 5 rings (SSSR count). The van der Waals surface area contributed by atoms with E-state index in [1.165, 1.54) is 46.4 Å². The second kappa shape index (κ2) is 9.06. The lowest BCUT2D eigenvalue weighted by Crippen LogP contribution is -2.15. The molecule has 0 aliphatic heterocycles. The average Bonchev–Trinajstić information content (AvgIpc) is 3.38. The van der Waals surface area contributed by atoms with E-state index < -0.39 is 0 Å². The second-order valence-corrected chi connectivity index (χ2v) is 10.6. The van der Waals surface area contributed by atoms with Crippen LogP contribution in [-0.4, -0.2) is 20.9 Å². The summed E-state index contributed by atoms with van der Waals surface area (Å²) in [5.74, 6) is 0.706. The minimum atomic E-state index is -0.0368. The lowest BCUT2D eigenvalue weighted by atomic mass is 9.97. The Morgan fingerprint density at radius 1 is 1.19 bits per heavy atom. The molecule has 1 amide bonds. The van der Waals surface area contributed by atoms with Crippen LogP contribution in [0.3, 0.4) is 0 Å². The van der Waals surface area contributed by atoms with Crippen molar-refractivity contribution in [2.45, 2.75) is 49.8 Å². The van der Waals surface area contributed by atoms with Gasteiger partial charge in [-0.3, -0.25) is 4.79 Å². The number of carbonyl (C=O) groups excluding carboxylic acids is 1. The second-order valence-electron chi connectivity index (χ2n) is 7.63. The number of rotatable bonds is 6. The Hall–Kier alpha value is -2.29. The van der Waals surface area contributed by atoms with Crippen LogP contribution in [0.2, 0.25) is 0 Å². The van der Waals surface area contributed by atoms with Crippen molar-refractivity contribution in [1.82, 2.24) is 15.0 Å². The highest BCUT2D eigenvalue weighted by Gasteiger charge is 2.20. The smallest absolute Gasteiger partial charge is 0.231 e. The van der Waals surface area contributed by atoms with Crippen molar-refractivity contribution in [3.63, 3.8) is 0 Å². The normalized spacial score (nSPS) is 13.3. The number of aromatic nitrogens is 3. The van der Waals surface area contributed by atoms with Crippen LogP contribution in [0.25, 0.3) is 10.2 Å². The monoisotopic (exact) mass is 466 g/mol. The van der Waals surface area contributed by atoms with Gasteiger partial charge in [0.15, 0.2) is 0 Å². The number of benzene rings is 1. The van der Waals surface area contributed by atoms with Gasteiger partial charge in [-0.05, 0) is 49.8 Å². The first-order chi connectivity index (χ1) is 15.2. The van der Waals surface area contributed by atoms with Crippen LogP contribution in [0.1, 0.15) is 39.5 Å². The topological polar surface area (TPSA) is 67.8 Å². The van der Waals surface area contributed by atoms with Crippen molar-refractivity contribution >= 4 is 56.2 Å². The Kier molecular flexibility index (Phi) is 6.02. The molecule has 1 aliphatic carbocycles. The first kappa shape index (κ1) is 20.6. The van der Waals surface area contributed by atoms with Crippen molar-refractivity contribution in [1.29, 1.82) is 0 Å². The molecule has 0 atom stereocenters. The van der Waals surface area contributed by atoms with Gasteiger partial charge in [0, 0.05) is 27.1 Å². The quantitative estimate of drug-likeness (QED) is 0.287. The molecule has 1 aliphatic rings. The van der Waals surface area contributed by atoms with Crippen LogP contribution in [0.4, 0.5) is 5.69 Å². The van der Waals surface area contributed by atoms with E-state index in [1.807, 2.05) is 47.9 Å². The summed E-state index contributed by atoms with van der Waals surface area (Å²) in [5.41, 5.74) is 4.36. The molecule has 3 aromatic heterocycles. The van der Waals surface area contributed by atoms with Crippen molar-refractivity contribution in [2.24, 2.45) is 0 Å². The van der Waals surface area contributed by atoms with Gasteiger partial charge in [-0.25, -0.2) is 15.0 Å². The minimum absolute atomic E-state index is 0.0368. The number of fused-ring (bicyclic) bond motifs is 3. The molecule has 3 heterocycles. The van der Waals surface area contributed by atoms with Crippen LogP contribution in [-0.2, 0) is 29.8 Å². The minimum Gasteiger partial charge on any atom is -0.325 e. The van der Waals surface area contributed by atoms with E-state index in [4.69, 9.17) is 0 Å². The molecule has 158 valence electrons. The number of thiophene rings is 1. The molecule has 31 heavy (non-hydrogen) atoms. The summed E-state index contributed by atoms with van der Waals surface area (Å²) >= 11 is 5.08. The summed E-state index contributed by atoms with van der Waals surface area (Å²) in [4.78, 5) is 28.8. The largest absolute Gasteiger partial charge is 0.325 e. The Balaban J connectivity index is 1.25. The first-order valence-corrected chi connectivity index (χ1v) is 13.0. The number of nitrogens with zero attached hydrogens (tertiary/aromatic N) is 3. The maximum absolute atomic E-state index is 12.4. The van der Waals surface area contributed by atoms with E-state index in [2.05, 4.69) is 20.3 Å². The zero-order valence-corrected chi connectivity index (χ0v) is 19.6. The highest BCUT2D eigenvalue weighted by Crippen LogP contribution is 2.39. The molecule has 0 saturated carbocycles. The van der Waals surface area contributed by atoms with Gasteiger partial charge >= 0.3 is 0 Å². The third-order valence-corrected chi connectivity index (χ3v) is 8.52. The van der Waals surface area contributed by atoms with Crippen LogP contribution in [0, 0.1) is 6.92 Å². The maximum Gasteiger partial charge on any atom is 0.231 e. The van der Waals surface area contributed by atoms with E-state index in [9.17, 15) is 4.79 Å².